The van der Waals surface area contributed by atoms with Crippen LogP contribution in [0.2, 0.25) is 0 Å². The lowest BCUT2D eigenvalue weighted by Crippen LogP contribution is -2.04. The average molecular weight is 273 g/mol. The molecule has 0 aliphatic rings. The summed E-state index contributed by atoms with van der Waals surface area (Å²) in [5, 5.41) is 2.08. The van der Waals surface area contributed by atoms with Gasteiger partial charge in [-0.05, 0) is 42.3 Å². The fourth-order valence-electron chi connectivity index (χ4n) is 1.97. The summed E-state index contributed by atoms with van der Waals surface area (Å²) in [6, 6.07) is 8.21. The van der Waals surface area contributed by atoms with E-state index in [0.29, 0.717) is 12.8 Å². The third kappa shape index (κ3) is 4.60. The summed E-state index contributed by atoms with van der Waals surface area (Å²) < 4.78 is 0. The van der Waals surface area contributed by atoms with Gasteiger partial charge >= 0.3 is 0 Å². The second-order valence-electron chi connectivity index (χ2n) is 4.66. The van der Waals surface area contributed by atoms with Gasteiger partial charge in [-0.2, -0.15) is 0 Å². The second kappa shape index (κ2) is 7.19. The van der Waals surface area contributed by atoms with E-state index in [-0.39, 0.29) is 5.78 Å². The number of rotatable bonds is 7. The first-order valence-electron chi connectivity index (χ1n) is 6.76. The van der Waals surface area contributed by atoms with E-state index in [1.165, 1.54) is 10.4 Å². The van der Waals surface area contributed by atoms with Crippen molar-refractivity contribution in [2.24, 2.45) is 0 Å². The van der Waals surface area contributed by atoms with E-state index in [1.807, 2.05) is 12.3 Å². The molecule has 3 heteroatoms. The van der Waals surface area contributed by atoms with Crippen LogP contribution in [-0.4, -0.2) is 10.8 Å². The number of thiophene rings is 1. The predicted molar refractivity (Wildman–Crippen MR) is 79.6 cm³/mol. The molecule has 2 aromatic rings. The maximum atomic E-state index is 11.9. The number of pyridine rings is 1. The van der Waals surface area contributed by atoms with Gasteiger partial charge in [-0.3, -0.25) is 9.78 Å². The van der Waals surface area contributed by atoms with E-state index < -0.39 is 0 Å². The van der Waals surface area contributed by atoms with E-state index in [0.717, 1.165) is 25.0 Å². The summed E-state index contributed by atoms with van der Waals surface area (Å²) in [6.07, 6.45) is 5.91. The van der Waals surface area contributed by atoms with Crippen molar-refractivity contribution >= 4 is 17.1 Å². The molecule has 2 rings (SSSR count). The fourth-order valence-corrected chi connectivity index (χ4v) is 2.73. The summed E-state index contributed by atoms with van der Waals surface area (Å²) in [5.41, 5.74) is 2.10. The molecule has 0 aromatic carbocycles. The van der Waals surface area contributed by atoms with E-state index in [9.17, 15) is 4.79 Å². The lowest BCUT2D eigenvalue weighted by Gasteiger charge is -2.02. The minimum absolute atomic E-state index is 0.285. The molecule has 0 atom stereocenters. The van der Waals surface area contributed by atoms with Gasteiger partial charge in [0.25, 0.3) is 0 Å². The number of hydrogen-bond donors (Lipinski definition) is 0. The van der Waals surface area contributed by atoms with Crippen molar-refractivity contribution < 1.29 is 4.79 Å². The Kier molecular flexibility index (Phi) is 5.28. The van der Waals surface area contributed by atoms with Crippen LogP contribution in [0.15, 0.2) is 35.8 Å². The number of aryl methyl sites for hydroxylation is 2. The van der Waals surface area contributed by atoms with Crippen molar-refractivity contribution in [2.45, 2.75) is 39.0 Å². The Morgan fingerprint density at radius 2 is 2.21 bits per heavy atom. The van der Waals surface area contributed by atoms with Gasteiger partial charge in [0.15, 0.2) is 0 Å². The van der Waals surface area contributed by atoms with Crippen molar-refractivity contribution in [3.63, 3.8) is 0 Å². The Balaban J connectivity index is 1.74. The smallest absolute Gasteiger partial charge is 0.138 e. The average Bonchev–Trinajstić information content (AvgIpc) is 2.93. The normalized spacial score (nSPS) is 10.6. The van der Waals surface area contributed by atoms with E-state index in [4.69, 9.17) is 0 Å². The van der Waals surface area contributed by atoms with Gasteiger partial charge in [0, 0.05) is 29.6 Å². The molecule has 2 heterocycles. The number of aromatic nitrogens is 1. The van der Waals surface area contributed by atoms with Crippen LogP contribution < -0.4 is 0 Å². The quantitative estimate of drug-likeness (QED) is 0.767. The Bertz CT molecular complexity index is 502. The summed E-state index contributed by atoms with van der Waals surface area (Å²) >= 11 is 1.76. The van der Waals surface area contributed by atoms with Gasteiger partial charge in [0.2, 0.25) is 0 Å². The zero-order chi connectivity index (χ0) is 13.5. The Hall–Kier alpha value is -1.48. The molecule has 0 spiro atoms. The number of hydrogen-bond acceptors (Lipinski definition) is 3. The van der Waals surface area contributed by atoms with Gasteiger partial charge in [-0.1, -0.05) is 19.1 Å². The van der Waals surface area contributed by atoms with E-state index in [1.54, 1.807) is 11.3 Å². The number of nitrogens with zero attached hydrogens (tertiary/aromatic N) is 1. The largest absolute Gasteiger partial charge is 0.299 e. The minimum Gasteiger partial charge on any atom is -0.299 e. The van der Waals surface area contributed by atoms with Crippen molar-refractivity contribution in [3.8, 4) is 0 Å². The van der Waals surface area contributed by atoms with Crippen LogP contribution in [-0.2, 0) is 24.1 Å². The van der Waals surface area contributed by atoms with Crippen molar-refractivity contribution in [3.05, 3.63) is 52.0 Å². The molecule has 0 saturated carbocycles. The van der Waals surface area contributed by atoms with Gasteiger partial charge in [-0.25, -0.2) is 0 Å². The van der Waals surface area contributed by atoms with E-state index in [2.05, 4.69) is 35.5 Å². The third-order valence-corrected chi connectivity index (χ3v) is 4.07. The number of carbonyl (C=O) groups excluding carboxylic acids is 1. The zero-order valence-electron chi connectivity index (χ0n) is 11.3. The van der Waals surface area contributed by atoms with Crippen LogP contribution in [0.4, 0.5) is 0 Å². The predicted octanol–water partition coefficient (Wildman–Crippen LogP) is 3.84. The first kappa shape index (κ1) is 13.9. The number of ketones is 1. The number of Topliss-reactive ketones (excluding diaryl/α,β-unsaturated/α-hetero) is 1. The molecule has 2 aromatic heterocycles. The first-order chi connectivity index (χ1) is 9.28. The Morgan fingerprint density at radius 1 is 1.32 bits per heavy atom. The first-order valence-corrected chi connectivity index (χ1v) is 7.63. The highest BCUT2D eigenvalue weighted by molar-refractivity contribution is 7.09. The molecule has 0 aliphatic carbocycles. The molecule has 0 bridgehead atoms. The fraction of sp³-hybridized carbons (Fsp3) is 0.375. The molecule has 0 unspecified atom stereocenters. The maximum Gasteiger partial charge on any atom is 0.138 e. The lowest BCUT2D eigenvalue weighted by atomic mass is 10.1. The van der Waals surface area contributed by atoms with Crippen LogP contribution in [0.5, 0.6) is 0 Å². The molecule has 0 aliphatic heterocycles. The van der Waals surface area contributed by atoms with E-state index >= 15 is 0 Å². The maximum absolute atomic E-state index is 11.9. The second-order valence-corrected chi connectivity index (χ2v) is 5.69. The highest BCUT2D eigenvalue weighted by Crippen LogP contribution is 2.12. The summed E-state index contributed by atoms with van der Waals surface area (Å²) in [7, 11) is 0. The SMILES string of the molecule is CCc1ccc(CC(=O)CCCc2cccs2)nc1. The minimum atomic E-state index is 0.285. The molecule has 2 nitrogen and oxygen atoms in total. The van der Waals surface area contributed by atoms with Crippen LogP contribution in [0, 0.1) is 0 Å². The van der Waals surface area contributed by atoms with Gasteiger partial charge in [0.1, 0.15) is 5.78 Å². The van der Waals surface area contributed by atoms with Crippen LogP contribution in [0.1, 0.15) is 35.9 Å². The molecule has 0 amide bonds. The zero-order valence-corrected chi connectivity index (χ0v) is 12.1. The summed E-state index contributed by atoms with van der Waals surface area (Å²) in [5.74, 6) is 0.285. The van der Waals surface area contributed by atoms with Crippen molar-refractivity contribution in [2.75, 3.05) is 0 Å². The molecule has 0 radical (unpaired) electrons. The molecule has 100 valence electrons. The highest BCUT2D eigenvalue weighted by Gasteiger charge is 2.05. The standard InChI is InChI=1S/C16H19NOS/c1-2-13-8-9-14(17-12-13)11-15(18)5-3-6-16-7-4-10-19-16/h4,7-10,12H,2-3,5-6,11H2,1H3. The lowest BCUT2D eigenvalue weighted by molar-refractivity contribution is -0.118. The topological polar surface area (TPSA) is 30.0 Å². The van der Waals surface area contributed by atoms with Crippen LogP contribution >= 0.6 is 11.3 Å². The third-order valence-electron chi connectivity index (χ3n) is 3.13. The van der Waals surface area contributed by atoms with Crippen molar-refractivity contribution in [1.29, 1.82) is 0 Å². The molecule has 0 N–H and O–H groups in total. The molecule has 19 heavy (non-hydrogen) atoms. The van der Waals surface area contributed by atoms with Gasteiger partial charge in [-0.15, -0.1) is 11.3 Å². The monoisotopic (exact) mass is 273 g/mol. The highest BCUT2D eigenvalue weighted by atomic mass is 32.1. The van der Waals surface area contributed by atoms with Gasteiger partial charge < -0.3 is 0 Å². The van der Waals surface area contributed by atoms with Crippen LogP contribution in [0.3, 0.4) is 0 Å². The van der Waals surface area contributed by atoms with Crippen molar-refractivity contribution in [1.82, 2.24) is 4.98 Å². The molecule has 0 saturated heterocycles. The molecule has 0 fully saturated rings. The summed E-state index contributed by atoms with van der Waals surface area (Å²) in [4.78, 5) is 17.5. The Labute approximate surface area is 118 Å². The molecular weight excluding hydrogens is 254 g/mol. The van der Waals surface area contributed by atoms with Crippen LogP contribution in [0.25, 0.3) is 0 Å². The number of carbonyl (C=O) groups is 1. The van der Waals surface area contributed by atoms with Gasteiger partial charge in [0.05, 0.1) is 0 Å². The summed E-state index contributed by atoms with van der Waals surface area (Å²) in [6.45, 7) is 2.10. The Morgan fingerprint density at radius 3 is 2.84 bits per heavy atom. The molecular formula is C16H19NOS.